The lowest BCUT2D eigenvalue weighted by Gasteiger charge is -2.67. The Kier molecular flexibility index (Phi) is 7.90. The van der Waals surface area contributed by atoms with Crippen molar-refractivity contribution in [3.63, 3.8) is 0 Å². The summed E-state index contributed by atoms with van der Waals surface area (Å²) in [6, 6.07) is 8.21. The number of carbonyl (C=O) groups excluding carboxylic acids is 3. The standard InChI is InChI=1S/C46H61N2O10/c1-5-26-27-19-33-38-44(31-8-6-7-9-32(31)47(38)3)21-34(37(27)39(44)51)48(33,40(26)52)22-36(50)58-25-10-16-45(41(53)56-4)29-11-14-42(2)28(24-18-35(49)57-23-24)13-17-46(42,55)30(29)12-15-43(45,54)20-25/h6-9,18,25-30,33-34,37-40,51-52,54-55H,5,10-17,19-23H2,1-4H3/q+1/t25-,26+,27+,28-,29+,30-,33-,34-,37+,38+,39-,40+,42+,43+,44-,45+,46-,48-/m0/s1. The number of fused-ring (bicyclic) bond motifs is 7. The van der Waals surface area contributed by atoms with Gasteiger partial charge in [0.15, 0.2) is 12.8 Å². The van der Waals surface area contributed by atoms with Gasteiger partial charge in [-0.25, -0.2) is 9.59 Å². The van der Waals surface area contributed by atoms with Crippen molar-refractivity contribution in [2.75, 3.05) is 32.2 Å². The molecule has 6 aliphatic heterocycles. The first kappa shape index (κ1) is 37.9. The minimum Gasteiger partial charge on any atom is -0.468 e. The van der Waals surface area contributed by atoms with E-state index in [1.54, 1.807) is 6.08 Å². The predicted octanol–water partition coefficient (Wildman–Crippen LogP) is 3.51. The number of ether oxygens (including phenoxy) is 3. The van der Waals surface area contributed by atoms with E-state index in [2.05, 4.69) is 44.0 Å². The summed E-state index contributed by atoms with van der Waals surface area (Å²) in [5.41, 5.74) is -1.55. The van der Waals surface area contributed by atoms with E-state index in [9.17, 15) is 34.8 Å². The topological polar surface area (TPSA) is 163 Å². The molecule has 12 rings (SSSR count). The summed E-state index contributed by atoms with van der Waals surface area (Å²) in [5, 5.41) is 50.6. The number of benzene rings is 1. The third-order valence-corrected chi connectivity index (χ3v) is 19.9. The van der Waals surface area contributed by atoms with Gasteiger partial charge in [-0.1, -0.05) is 32.0 Å². The van der Waals surface area contributed by atoms with Gasteiger partial charge in [-0.2, -0.15) is 0 Å². The molecule has 4 N–H and O–H groups in total. The van der Waals surface area contributed by atoms with Gasteiger partial charge < -0.3 is 39.5 Å². The molecule has 5 aliphatic carbocycles. The number of para-hydroxylation sites is 1. The fourth-order valence-corrected chi connectivity index (χ4v) is 17.9. The highest BCUT2D eigenvalue weighted by molar-refractivity contribution is 5.85. The van der Waals surface area contributed by atoms with E-state index >= 15 is 0 Å². The van der Waals surface area contributed by atoms with E-state index in [0.717, 1.165) is 30.5 Å². The van der Waals surface area contributed by atoms with Crippen molar-refractivity contribution >= 4 is 23.6 Å². The Bertz CT molecular complexity index is 2010. The zero-order chi connectivity index (χ0) is 40.5. The van der Waals surface area contributed by atoms with Crippen molar-refractivity contribution in [1.82, 2.24) is 0 Å². The molecule has 0 amide bonds. The molecule has 0 unspecified atom stereocenters. The second-order valence-electron chi connectivity index (χ2n) is 20.9. The van der Waals surface area contributed by atoms with Crippen LogP contribution in [0, 0.1) is 46.3 Å². The third-order valence-electron chi connectivity index (χ3n) is 19.9. The van der Waals surface area contributed by atoms with Gasteiger partial charge in [-0.3, -0.25) is 9.28 Å². The Hall–Kier alpha value is -3.03. The van der Waals surface area contributed by atoms with Gasteiger partial charge in [0.1, 0.15) is 18.8 Å². The maximum absolute atomic E-state index is 14.6. The largest absolute Gasteiger partial charge is 0.468 e. The fraction of sp³-hybridized carbons (Fsp3) is 0.761. The molecule has 5 bridgehead atoms. The van der Waals surface area contributed by atoms with Crippen molar-refractivity contribution in [2.45, 2.75) is 144 Å². The molecule has 5 saturated carbocycles. The first-order valence-electron chi connectivity index (χ1n) is 22.3. The molecule has 58 heavy (non-hydrogen) atoms. The first-order chi connectivity index (χ1) is 27.7. The van der Waals surface area contributed by atoms with Crippen LogP contribution in [-0.2, 0) is 34.0 Å². The average Bonchev–Trinajstić information content (AvgIpc) is 3.89. The number of carbonyl (C=O) groups is 3. The molecule has 1 aromatic carbocycles. The van der Waals surface area contributed by atoms with E-state index < -0.39 is 57.8 Å². The quantitative estimate of drug-likeness (QED) is 0.189. The van der Waals surface area contributed by atoms with E-state index in [4.69, 9.17) is 14.2 Å². The van der Waals surface area contributed by atoms with Crippen molar-refractivity contribution in [1.29, 1.82) is 0 Å². The van der Waals surface area contributed by atoms with Crippen molar-refractivity contribution in [3.8, 4) is 0 Å². The lowest BCUT2D eigenvalue weighted by atomic mass is 9.41. The van der Waals surface area contributed by atoms with Gasteiger partial charge in [0.05, 0.1) is 47.3 Å². The fourth-order valence-electron chi connectivity index (χ4n) is 17.9. The molecular formula is C46H61N2O10+. The number of hydrogen-bond acceptors (Lipinski definition) is 11. The second-order valence-corrected chi connectivity index (χ2v) is 20.9. The van der Waals surface area contributed by atoms with E-state index in [1.807, 2.05) is 6.07 Å². The van der Waals surface area contributed by atoms with Crippen LogP contribution < -0.4 is 4.90 Å². The number of cyclic esters (lactones) is 1. The minimum atomic E-state index is -1.50. The molecule has 18 atom stereocenters. The average molecular weight is 802 g/mol. The summed E-state index contributed by atoms with van der Waals surface area (Å²) in [7, 11) is 3.48. The normalized spacial score (nSPS) is 52.6. The Morgan fingerprint density at radius 3 is 2.52 bits per heavy atom. The number of nitrogens with zero attached hydrogens (tertiary/aromatic N) is 2. The number of hydrogen-bond donors (Lipinski definition) is 4. The van der Waals surface area contributed by atoms with Gasteiger partial charge in [0.2, 0.25) is 0 Å². The monoisotopic (exact) mass is 801 g/mol. The van der Waals surface area contributed by atoms with Gasteiger partial charge >= 0.3 is 17.9 Å². The van der Waals surface area contributed by atoms with Gasteiger partial charge in [-0.05, 0) is 98.7 Å². The van der Waals surface area contributed by atoms with Crippen molar-refractivity contribution in [3.05, 3.63) is 41.5 Å². The molecule has 11 aliphatic rings. The number of aliphatic hydroxyl groups excluding tert-OH is 2. The highest BCUT2D eigenvalue weighted by Gasteiger charge is 2.83. The molecular weight excluding hydrogens is 741 g/mol. The summed E-state index contributed by atoms with van der Waals surface area (Å²) < 4.78 is 17.5. The minimum absolute atomic E-state index is 0.00132. The Balaban J connectivity index is 0.871. The highest BCUT2D eigenvalue weighted by Crippen LogP contribution is 2.73. The van der Waals surface area contributed by atoms with Crippen LogP contribution in [0.4, 0.5) is 5.69 Å². The molecule has 1 aromatic rings. The van der Waals surface area contributed by atoms with Crippen LogP contribution in [0.2, 0.25) is 0 Å². The number of anilines is 1. The van der Waals surface area contributed by atoms with Crippen LogP contribution in [0.1, 0.15) is 96.5 Å². The number of piperidine rings is 4. The van der Waals surface area contributed by atoms with Gasteiger partial charge in [-0.15, -0.1) is 0 Å². The molecule has 4 saturated heterocycles. The van der Waals surface area contributed by atoms with E-state index in [-0.39, 0.29) is 96.5 Å². The molecule has 12 nitrogen and oxygen atoms in total. The number of rotatable bonds is 6. The molecule has 6 heterocycles. The van der Waals surface area contributed by atoms with Crippen LogP contribution in [0.3, 0.4) is 0 Å². The Morgan fingerprint density at radius 2 is 1.78 bits per heavy atom. The number of esters is 3. The van der Waals surface area contributed by atoms with Gasteiger partial charge in [0.25, 0.3) is 0 Å². The van der Waals surface area contributed by atoms with E-state index in [1.165, 1.54) is 12.7 Å². The van der Waals surface area contributed by atoms with Crippen molar-refractivity contribution in [2.24, 2.45) is 46.3 Å². The third kappa shape index (κ3) is 4.14. The Morgan fingerprint density at radius 1 is 1.00 bits per heavy atom. The molecule has 12 heteroatoms. The maximum Gasteiger partial charge on any atom is 0.362 e. The van der Waals surface area contributed by atoms with Crippen LogP contribution >= 0.6 is 0 Å². The van der Waals surface area contributed by atoms with E-state index in [0.29, 0.717) is 38.5 Å². The lowest BCUT2D eigenvalue weighted by Crippen LogP contribution is -2.83. The van der Waals surface area contributed by atoms with Crippen LogP contribution in [0.5, 0.6) is 0 Å². The molecule has 0 radical (unpaired) electrons. The first-order valence-corrected chi connectivity index (χ1v) is 22.3. The predicted molar refractivity (Wildman–Crippen MR) is 208 cm³/mol. The number of likely N-dealkylation sites (N-methyl/N-ethyl adjacent to an activating group) is 1. The summed E-state index contributed by atoms with van der Waals surface area (Å²) in [5.74, 6) is -1.64. The zero-order valence-corrected chi connectivity index (χ0v) is 34.3. The molecule has 9 fully saturated rings. The molecule has 314 valence electrons. The summed E-state index contributed by atoms with van der Waals surface area (Å²) in [6.07, 6.45) is 6.02. The lowest BCUT2D eigenvalue weighted by molar-refractivity contribution is -1.03. The second kappa shape index (κ2) is 12.1. The zero-order valence-electron chi connectivity index (χ0n) is 34.3. The number of aliphatic hydroxyl groups is 4. The SMILES string of the molecule is CC[C@@H]1[C@H]2C[C@H]3[C@H]4N(C)c5ccccc5[C@@]45C[C@@H]([C@@H]2[C@@H]5O)[N@@+]3(CC(=O)O[C@H]2CC[C@]3(C(=O)OC)[C@@H]4CC[C@]5(C)[C@H](C6=CC(=O)OC6)CC[C@]5(O)[C@H]4CC[C@@]3(O)C2)[C@@H]1O. The number of quaternary nitrogens is 1. The van der Waals surface area contributed by atoms with Crippen LogP contribution in [-0.4, -0.2) is 118 Å². The number of methoxy groups -OCH3 is 1. The van der Waals surface area contributed by atoms with Gasteiger partial charge in [0, 0.05) is 55.3 Å². The summed E-state index contributed by atoms with van der Waals surface area (Å²) >= 11 is 0. The van der Waals surface area contributed by atoms with Crippen LogP contribution in [0.15, 0.2) is 35.9 Å². The summed E-state index contributed by atoms with van der Waals surface area (Å²) in [6.45, 7) is 4.49. The molecule has 0 aromatic heterocycles. The highest BCUT2D eigenvalue weighted by atomic mass is 16.6. The molecule has 1 spiro atoms. The van der Waals surface area contributed by atoms with Crippen molar-refractivity contribution < 1.29 is 53.5 Å². The van der Waals surface area contributed by atoms with Crippen LogP contribution in [0.25, 0.3) is 0 Å². The smallest absolute Gasteiger partial charge is 0.362 e. The summed E-state index contributed by atoms with van der Waals surface area (Å²) in [4.78, 5) is 43.2. The Labute approximate surface area is 340 Å². The maximum atomic E-state index is 14.6.